The van der Waals surface area contributed by atoms with Crippen LogP contribution < -0.4 is 0 Å². The van der Waals surface area contributed by atoms with Crippen molar-refractivity contribution in [2.75, 3.05) is 0 Å². The number of Topliss-reactive ketones (excluding diaryl/α,β-unsaturated/α-hetero) is 1. The molecule has 1 aromatic carbocycles. The van der Waals surface area contributed by atoms with Crippen molar-refractivity contribution in [3.8, 4) is 0 Å². The van der Waals surface area contributed by atoms with Crippen molar-refractivity contribution in [3.63, 3.8) is 0 Å². The Morgan fingerprint density at radius 3 is 2.65 bits per heavy atom. The van der Waals surface area contributed by atoms with Crippen LogP contribution in [0.3, 0.4) is 0 Å². The monoisotopic (exact) mass is 294 g/mol. The van der Waals surface area contributed by atoms with E-state index in [1.807, 2.05) is 12.1 Å². The van der Waals surface area contributed by atoms with Crippen LogP contribution in [0.2, 0.25) is 0 Å². The van der Waals surface area contributed by atoms with Crippen LogP contribution in [0, 0.1) is 11.8 Å². The third-order valence-electron chi connectivity index (χ3n) is 4.49. The number of benzene rings is 1. The third kappa shape index (κ3) is 3.08. The van der Waals surface area contributed by atoms with Crippen LogP contribution in [0.25, 0.3) is 0 Å². The van der Waals surface area contributed by atoms with Crippen molar-refractivity contribution in [2.45, 2.75) is 51.0 Å². The molecule has 3 atom stereocenters. The predicted octanol–water partition coefficient (Wildman–Crippen LogP) is 4.56. The number of alkyl halides is 1. The van der Waals surface area contributed by atoms with Gasteiger partial charge in [0.25, 0.3) is 0 Å². The SMILES string of the molecule is CCc1cccc(C(S)C(C2CC2)C(C)(F)C(C)=O)c1. The van der Waals surface area contributed by atoms with Gasteiger partial charge >= 0.3 is 0 Å². The van der Waals surface area contributed by atoms with E-state index in [9.17, 15) is 9.18 Å². The molecule has 0 spiro atoms. The van der Waals surface area contributed by atoms with Gasteiger partial charge in [-0.05, 0) is 50.2 Å². The fourth-order valence-electron chi connectivity index (χ4n) is 2.89. The molecule has 0 heterocycles. The highest BCUT2D eigenvalue weighted by atomic mass is 32.1. The number of ketones is 1. The molecule has 1 fully saturated rings. The Kier molecular flexibility index (Phi) is 4.58. The minimum atomic E-state index is -1.80. The first kappa shape index (κ1) is 15.6. The van der Waals surface area contributed by atoms with Crippen LogP contribution in [0.1, 0.15) is 50.0 Å². The predicted molar refractivity (Wildman–Crippen MR) is 84.0 cm³/mol. The summed E-state index contributed by atoms with van der Waals surface area (Å²) in [6.45, 7) is 4.86. The Labute approximate surface area is 126 Å². The van der Waals surface area contributed by atoms with Gasteiger partial charge in [0.15, 0.2) is 11.5 Å². The summed E-state index contributed by atoms with van der Waals surface area (Å²) in [5.74, 6) is -0.447. The first-order chi connectivity index (χ1) is 9.37. The second kappa shape index (κ2) is 5.88. The maximum atomic E-state index is 14.9. The van der Waals surface area contributed by atoms with E-state index in [4.69, 9.17) is 0 Å². The molecular weight excluding hydrogens is 271 g/mol. The largest absolute Gasteiger partial charge is 0.296 e. The van der Waals surface area contributed by atoms with Gasteiger partial charge in [0, 0.05) is 11.2 Å². The molecule has 1 aromatic rings. The lowest BCUT2D eigenvalue weighted by atomic mass is 9.79. The number of rotatable bonds is 6. The van der Waals surface area contributed by atoms with E-state index in [0.717, 1.165) is 24.8 Å². The fourth-order valence-corrected chi connectivity index (χ4v) is 3.58. The van der Waals surface area contributed by atoms with Gasteiger partial charge in [0.2, 0.25) is 0 Å². The summed E-state index contributed by atoms with van der Waals surface area (Å²) in [6, 6.07) is 8.13. The molecule has 0 aliphatic heterocycles. The summed E-state index contributed by atoms with van der Waals surface area (Å²) in [6.07, 6.45) is 2.95. The number of thiol groups is 1. The zero-order valence-electron chi connectivity index (χ0n) is 12.4. The maximum absolute atomic E-state index is 14.9. The van der Waals surface area contributed by atoms with Crippen molar-refractivity contribution in [3.05, 3.63) is 35.4 Å². The second-order valence-electron chi connectivity index (χ2n) is 6.04. The molecule has 20 heavy (non-hydrogen) atoms. The molecule has 0 radical (unpaired) electrons. The second-order valence-corrected chi connectivity index (χ2v) is 6.59. The minimum Gasteiger partial charge on any atom is -0.296 e. The van der Waals surface area contributed by atoms with E-state index >= 15 is 0 Å². The fraction of sp³-hybridized carbons (Fsp3) is 0.588. The number of carbonyl (C=O) groups is 1. The summed E-state index contributed by atoms with van der Waals surface area (Å²) in [5.41, 5.74) is 0.449. The molecule has 0 amide bonds. The van der Waals surface area contributed by atoms with Crippen LogP contribution in [0.4, 0.5) is 4.39 Å². The molecule has 0 saturated heterocycles. The summed E-state index contributed by atoms with van der Waals surface area (Å²) in [4.78, 5) is 11.7. The normalized spacial score (nSPS) is 21.1. The highest BCUT2D eigenvalue weighted by Gasteiger charge is 2.50. The zero-order valence-corrected chi connectivity index (χ0v) is 13.3. The zero-order chi connectivity index (χ0) is 14.9. The number of carbonyl (C=O) groups excluding carboxylic acids is 1. The molecule has 3 heteroatoms. The van der Waals surface area contributed by atoms with Crippen LogP contribution in [0.15, 0.2) is 24.3 Å². The van der Waals surface area contributed by atoms with Crippen molar-refractivity contribution < 1.29 is 9.18 Å². The van der Waals surface area contributed by atoms with E-state index < -0.39 is 5.67 Å². The lowest BCUT2D eigenvalue weighted by Crippen LogP contribution is -2.40. The summed E-state index contributed by atoms with van der Waals surface area (Å²) in [5, 5.41) is -0.229. The molecule has 110 valence electrons. The molecule has 3 unspecified atom stereocenters. The average Bonchev–Trinajstić information content (AvgIpc) is 3.23. The van der Waals surface area contributed by atoms with Crippen molar-refractivity contribution in [2.24, 2.45) is 11.8 Å². The Balaban J connectivity index is 2.31. The highest BCUT2D eigenvalue weighted by molar-refractivity contribution is 7.80. The van der Waals surface area contributed by atoms with Crippen molar-refractivity contribution in [1.82, 2.24) is 0 Å². The maximum Gasteiger partial charge on any atom is 0.170 e. The molecule has 0 aromatic heterocycles. The van der Waals surface area contributed by atoms with E-state index in [-0.39, 0.29) is 22.9 Å². The molecule has 1 nitrogen and oxygen atoms in total. The Morgan fingerprint density at radius 1 is 1.50 bits per heavy atom. The number of halogens is 1. The number of hydrogen-bond acceptors (Lipinski definition) is 2. The van der Waals surface area contributed by atoms with E-state index in [1.165, 1.54) is 19.4 Å². The highest BCUT2D eigenvalue weighted by Crippen LogP contribution is 2.51. The van der Waals surface area contributed by atoms with Crippen LogP contribution in [-0.2, 0) is 11.2 Å². The van der Waals surface area contributed by atoms with Gasteiger partial charge in [-0.25, -0.2) is 4.39 Å². The van der Waals surface area contributed by atoms with Crippen molar-refractivity contribution in [1.29, 1.82) is 0 Å². The van der Waals surface area contributed by atoms with E-state index in [0.29, 0.717) is 0 Å². The van der Waals surface area contributed by atoms with Gasteiger partial charge in [-0.1, -0.05) is 31.2 Å². The topological polar surface area (TPSA) is 17.1 Å². The van der Waals surface area contributed by atoms with Crippen LogP contribution >= 0.6 is 12.6 Å². The van der Waals surface area contributed by atoms with Gasteiger partial charge < -0.3 is 0 Å². The molecule has 1 aliphatic rings. The molecule has 0 bridgehead atoms. The first-order valence-corrected chi connectivity index (χ1v) is 7.86. The molecule has 1 aliphatic carbocycles. The van der Waals surface area contributed by atoms with Crippen molar-refractivity contribution >= 4 is 18.4 Å². The third-order valence-corrected chi connectivity index (χ3v) is 5.10. The Morgan fingerprint density at radius 2 is 2.15 bits per heavy atom. The smallest absolute Gasteiger partial charge is 0.170 e. The van der Waals surface area contributed by atoms with Gasteiger partial charge in [-0.2, -0.15) is 12.6 Å². The molecular formula is C17H23FOS. The van der Waals surface area contributed by atoms with E-state index in [1.54, 1.807) is 0 Å². The number of aryl methyl sites for hydroxylation is 1. The van der Waals surface area contributed by atoms with Gasteiger partial charge in [-0.3, -0.25) is 4.79 Å². The summed E-state index contributed by atoms with van der Waals surface area (Å²) < 4.78 is 14.9. The quantitative estimate of drug-likeness (QED) is 0.761. The standard InChI is InChI=1S/C17H23FOS/c1-4-12-6-5-7-14(10-12)16(20)15(13-8-9-13)17(3,18)11(2)19/h5-7,10,13,15-16,20H,4,8-9H2,1-3H3. The Bertz CT molecular complexity index is 494. The Hall–Kier alpha value is -0.830. The lowest BCUT2D eigenvalue weighted by Gasteiger charge is -2.33. The average molecular weight is 294 g/mol. The minimum absolute atomic E-state index is 0.229. The first-order valence-electron chi connectivity index (χ1n) is 7.34. The lowest BCUT2D eigenvalue weighted by molar-refractivity contribution is -0.131. The van der Waals surface area contributed by atoms with Crippen LogP contribution in [-0.4, -0.2) is 11.5 Å². The van der Waals surface area contributed by atoms with E-state index in [2.05, 4.69) is 31.7 Å². The molecule has 0 N–H and O–H groups in total. The summed E-state index contributed by atoms with van der Waals surface area (Å²) >= 11 is 4.68. The number of hydrogen-bond donors (Lipinski definition) is 1. The van der Waals surface area contributed by atoms with Gasteiger partial charge in [0.05, 0.1) is 0 Å². The van der Waals surface area contributed by atoms with Gasteiger partial charge in [0.1, 0.15) is 0 Å². The molecule has 1 saturated carbocycles. The summed E-state index contributed by atoms with van der Waals surface area (Å²) in [7, 11) is 0. The molecule has 2 rings (SSSR count). The van der Waals surface area contributed by atoms with Gasteiger partial charge in [-0.15, -0.1) is 0 Å². The van der Waals surface area contributed by atoms with Crippen LogP contribution in [0.5, 0.6) is 0 Å².